The van der Waals surface area contributed by atoms with E-state index in [1.165, 1.54) is 18.4 Å². The molecular formula is C29H34F3N7O2. The first-order chi connectivity index (χ1) is 19.8. The van der Waals surface area contributed by atoms with Crippen molar-refractivity contribution in [3.8, 4) is 22.9 Å². The van der Waals surface area contributed by atoms with Crippen molar-refractivity contribution in [3.63, 3.8) is 0 Å². The summed E-state index contributed by atoms with van der Waals surface area (Å²) in [5.41, 5.74) is 0.810. The van der Waals surface area contributed by atoms with Crippen LogP contribution in [0.5, 0.6) is 11.5 Å². The molecular weight excluding hydrogens is 535 g/mol. The SMILES string of the molecule is C=C/C=N\C(=C(/C=C)CC(F)(F)F)N1CCN(c2nc(-c3ccc4c(c3)OCO4)nc(N3CCCCC3C)n2)CC1. The van der Waals surface area contributed by atoms with Gasteiger partial charge in [-0.05, 0) is 44.4 Å². The van der Waals surface area contributed by atoms with E-state index in [9.17, 15) is 13.2 Å². The zero-order valence-corrected chi connectivity index (χ0v) is 23.1. The Hall–Kier alpha value is -4.09. The molecule has 0 aliphatic carbocycles. The highest BCUT2D eigenvalue weighted by Crippen LogP contribution is 2.36. The topological polar surface area (TPSA) is 79.2 Å². The van der Waals surface area contributed by atoms with E-state index in [1.807, 2.05) is 28.0 Å². The third kappa shape index (κ3) is 6.63. The predicted octanol–water partition coefficient (Wildman–Crippen LogP) is 5.37. The van der Waals surface area contributed by atoms with E-state index in [-0.39, 0.29) is 18.2 Å². The van der Waals surface area contributed by atoms with Gasteiger partial charge in [-0.15, -0.1) is 0 Å². The summed E-state index contributed by atoms with van der Waals surface area (Å²) in [5.74, 6) is 3.24. The molecule has 3 aliphatic rings. The van der Waals surface area contributed by atoms with Gasteiger partial charge in [-0.2, -0.15) is 28.1 Å². The van der Waals surface area contributed by atoms with Crippen LogP contribution >= 0.6 is 0 Å². The number of benzene rings is 1. The molecule has 1 aromatic heterocycles. The maximum absolute atomic E-state index is 13.3. The Bertz CT molecular complexity index is 1340. The van der Waals surface area contributed by atoms with Crippen LogP contribution in [0.2, 0.25) is 0 Å². The van der Waals surface area contributed by atoms with E-state index < -0.39 is 12.6 Å². The van der Waals surface area contributed by atoms with E-state index in [0.29, 0.717) is 61.4 Å². The average Bonchev–Trinajstić information content (AvgIpc) is 3.44. The Kier molecular flexibility index (Phi) is 8.46. The summed E-state index contributed by atoms with van der Waals surface area (Å²) in [6.07, 6.45) is 1.87. The summed E-state index contributed by atoms with van der Waals surface area (Å²) in [7, 11) is 0. The number of anilines is 2. The number of piperidine rings is 1. The van der Waals surface area contributed by atoms with E-state index >= 15 is 0 Å². The highest BCUT2D eigenvalue weighted by atomic mass is 19.4. The summed E-state index contributed by atoms with van der Waals surface area (Å²) in [5, 5.41) is 0. The van der Waals surface area contributed by atoms with Crippen molar-refractivity contribution in [2.45, 2.75) is 44.8 Å². The quantitative estimate of drug-likeness (QED) is 0.310. The number of alkyl halides is 3. The lowest BCUT2D eigenvalue weighted by Crippen LogP contribution is -2.47. The lowest BCUT2D eigenvalue weighted by atomic mass is 10.0. The highest BCUT2D eigenvalue weighted by Gasteiger charge is 2.32. The van der Waals surface area contributed by atoms with Gasteiger partial charge >= 0.3 is 6.18 Å². The zero-order chi connectivity index (χ0) is 29.0. The first-order valence-corrected chi connectivity index (χ1v) is 13.8. The fourth-order valence-corrected chi connectivity index (χ4v) is 5.25. The highest BCUT2D eigenvalue weighted by molar-refractivity contribution is 5.71. The van der Waals surface area contributed by atoms with Gasteiger partial charge in [0.15, 0.2) is 17.3 Å². The van der Waals surface area contributed by atoms with E-state index in [2.05, 4.69) is 30.0 Å². The van der Waals surface area contributed by atoms with Crippen LogP contribution in [-0.2, 0) is 0 Å². The van der Waals surface area contributed by atoms with Gasteiger partial charge in [0.05, 0.1) is 6.42 Å². The first-order valence-electron chi connectivity index (χ1n) is 13.8. The fourth-order valence-electron chi connectivity index (χ4n) is 5.25. The van der Waals surface area contributed by atoms with Gasteiger partial charge in [0.1, 0.15) is 5.82 Å². The van der Waals surface area contributed by atoms with Crippen molar-refractivity contribution >= 4 is 18.1 Å². The molecule has 1 atom stereocenters. The lowest BCUT2D eigenvalue weighted by Gasteiger charge is -2.37. The van der Waals surface area contributed by atoms with Crippen LogP contribution in [0.3, 0.4) is 0 Å². The number of ether oxygens (including phenoxy) is 2. The number of fused-ring (bicyclic) bond motifs is 1. The summed E-state index contributed by atoms with van der Waals surface area (Å²) >= 11 is 0. The minimum absolute atomic E-state index is 0.0238. The van der Waals surface area contributed by atoms with Gasteiger partial charge in [-0.1, -0.05) is 25.3 Å². The standard InChI is InChI=1S/C29H34F3N7O2/c1-4-11-33-26(21(5-2)18-29(30,31)32)37-13-15-38(16-14-37)27-34-25(22-9-10-23-24(17-22)41-19-40-23)35-28(36-27)39-12-7-6-8-20(39)3/h4-5,9-11,17,20H,1-2,6-8,12-16,18-19H2,3H3/b26-21-,33-11-. The monoisotopic (exact) mass is 569 g/mol. The van der Waals surface area contributed by atoms with Crippen LogP contribution in [-0.4, -0.2) is 77.8 Å². The number of aliphatic imine (C=N–C) groups is 1. The molecule has 0 spiro atoms. The molecule has 0 amide bonds. The van der Waals surface area contributed by atoms with Gasteiger partial charge in [-0.3, -0.25) is 0 Å². The number of aromatic nitrogens is 3. The van der Waals surface area contributed by atoms with Crippen LogP contribution in [0, 0.1) is 0 Å². The summed E-state index contributed by atoms with van der Waals surface area (Å²) in [6, 6.07) is 5.91. The second-order valence-electron chi connectivity index (χ2n) is 10.2. The maximum Gasteiger partial charge on any atom is 0.393 e. The Balaban J connectivity index is 1.44. The molecule has 4 heterocycles. The van der Waals surface area contributed by atoms with Crippen molar-refractivity contribution < 1.29 is 22.6 Å². The minimum Gasteiger partial charge on any atom is -0.454 e. The Morgan fingerprint density at radius 1 is 1.02 bits per heavy atom. The Labute approximate surface area is 237 Å². The van der Waals surface area contributed by atoms with Crippen LogP contribution in [0.1, 0.15) is 32.6 Å². The summed E-state index contributed by atoms with van der Waals surface area (Å²) < 4.78 is 50.9. The first kappa shape index (κ1) is 28.4. The van der Waals surface area contributed by atoms with Crippen LogP contribution < -0.4 is 19.3 Å². The number of hydrogen-bond donors (Lipinski definition) is 0. The molecule has 0 N–H and O–H groups in total. The zero-order valence-electron chi connectivity index (χ0n) is 23.1. The number of nitrogens with zero attached hydrogens (tertiary/aromatic N) is 7. The largest absolute Gasteiger partial charge is 0.454 e. The van der Waals surface area contributed by atoms with Crippen LogP contribution in [0.25, 0.3) is 11.4 Å². The molecule has 0 radical (unpaired) electrons. The molecule has 1 unspecified atom stereocenters. The number of hydrogen-bond acceptors (Lipinski definition) is 9. The normalized spacial score (nSPS) is 19.9. The number of halogens is 3. The minimum atomic E-state index is -4.38. The van der Waals surface area contributed by atoms with Crippen molar-refractivity contribution in [2.24, 2.45) is 4.99 Å². The van der Waals surface area contributed by atoms with Gasteiger partial charge in [0, 0.05) is 56.1 Å². The van der Waals surface area contributed by atoms with Gasteiger partial charge in [-0.25, -0.2) is 4.99 Å². The van der Waals surface area contributed by atoms with Crippen molar-refractivity contribution in [1.82, 2.24) is 19.9 Å². The predicted molar refractivity (Wildman–Crippen MR) is 152 cm³/mol. The number of piperazine rings is 1. The van der Waals surface area contributed by atoms with Crippen molar-refractivity contribution in [2.75, 3.05) is 49.3 Å². The molecule has 5 rings (SSSR count). The number of rotatable bonds is 8. The van der Waals surface area contributed by atoms with Crippen LogP contribution in [0.4, 0.5) is 25.1 Å². The molecule has 3 aliphatic heterocycles. The molecule has 41 heavy (non-hydrogen) atoms. The van der Waals surface area contributed by atoms with Crippen molar-refractivity contribution in [1.29, 1.82) is 0 Å². The van der Waals surface area contributed by atoms with E-state index in [1.54, 1.807) is 0 Å². The van der Waals surface area contributed by atoms with Gasteiger partial charge in [0.2, 0.25) is 18.7 Å². The summed E-state index contributed by atoms with van der Waals surface area (Å²) in [4.78, 5) is 25.0. The molecule has 218 valence electrons. The molecule has 12 heteroatoms. The second kappa shape index (κ2) is 12.2. The van der Waals surface area contributed by atoms with Gasteiger partial charge in [0.25, 0.3) is 0 Å². The average molecular weight is 570 g/mol. The van der Waals surface area contributed by atoms with E-state index in [0.717, 1.165) is 31.4 Å². The molecule has 9 nitrogen and oxygen atoms in total. The third-order valence-corrected chi connectivity index (χ3v) is 7.39. The molecule has 0 saturated carbocycles. The summed E-state index contributed by atoms with van der Waals surface area (Å²) in [6.45, 7) is 12.3. The molecule has 0 bridgehead atoms. The van der Waals surface area contributed by atoms with Gasteiger partial charge < -0.3 is 24.2 Å². The molecule has 2 aromatic rings. The Morgan fingerprint density at radius 3 is 2.49 bits per heavy atom. The maximum atomic E-state index is 13.3. The number of allylic oxidation sites excluding steroid dienone is 3. The molecule has 2 saturated heterocycles. The fraction of sp³-hybridized carbons (Fsp3) is 0.448. The molecule has 1 aromatic carbocycles. The van der Waals surface area contributed by atoms with Crippen LogP contribution in [0.15, 0.2) is 59.9 Å². The lowest BCUT2D eigenvalue weighted by molar-refractivity contribution is -0.126. The second-order valence-corrected chi connectivity index (χ2v) is 10.2. The van der Waals surface area contributed by atoms with Crippen molar-refractivity contribution in [3.05, 3.63) is 54.9 Å². The third-order valence-electron chi connectivity index (χ3n) is 7.39. The van der Waals surface area contributed by atoms with E-state index in [4.69, 9.17) is 24.4 Å². The Morgan fingerprint density at radius 2 is 1.78 bits per heavy atom. The smallest absolute Gasteiger partial charge is 0.393 e. The molecule has 2 fully saturated rings.